The van der Waals surface area contributed by atoms with Gasteiger partial charge in [-0.3, -0.25) is 4.98 Å². The average Bonchev–Trinajstić information content (AvgIpc) is 0.748. The first-order valence-electron chi connectivity index (χ1n) is 38.0. The lowest BCUT2D eigenvalue weighted by Crippen LogP contribution is -2.48. The van der Waals surface area contributed by atoms with Crippen molar-refractivity contribution in [1.29, 1.82) is 0 Å². The van der Waals surface area contributed by atoms with Crippen molar-refractivity contribution in [1.82, 2.24) is 4.98 Å². The molecule has 21 rings (SSSR count). The molecule has 0 saturated carbocycles. The van der Waals surface area contributed by atoms with Gasteiger partial charge in [0.25, 0.3) is 0 Å². The van der Waals surface area contributed by atoms with Gasteiger partial charge in [-0.05, 0) is 227 Å². The SMILES string of the molecule is CC[Si](CC)(CC)OC12C=CC(O[Si](CC)(CC)CC)(C=C1)c1ccc(cc1)C1(O[Si](CC)(CC)CC)C=CC(O[Si](CC)(CC)CC)(C=C1)c1ccc(cc1)-c1ccc(cn1)C1(O[Si](CC)(CC)CC)C=CC(O[Si](CC)(CC)CC)(C=C1)c1ccc(cc1)-c1ccc2cc1. The van der Waals surface area contributed by atoms with Crippen LogP contribution in [-0.2, 0) is 60.2 Å². The van der Waals surface area contributed by atoms with E-state index in [2.05, 4.69) is 313 Å². The molecule has 1 aromatic heterocycles. The minimum Gasteiger partial charge on any atom is -0.401 e. The van der Waals surface area contributed by atoms with Crippen molar-refractivity contribution < 1.29 is 26.6 Å². The zero-order chi connectivity index (χ0) is 69.4. The molecule has 518 valence electrons. The van der Waals surface area contributed by atoms with E-state index in [-0.39, 0.29) is 0 Å². The third-order valence-corrected chi connectivity index (χ3v) is 52.8. The summed E-state index contributed by atoms with van der Waals surface area (Å²) in [5.41, 5.74) is 5.98. The predicted molar refractivity (Wildman–Crippen MR) is 423 cm³/mol. The molecule has 0 amide bonds. The van der Waals surface area contributed by atoms with Crippen LogP contribution >= 0.6 is 0 Å². The van der Waals surface area contributed by atoms with Crippen LogP contribution in [-0.4, -0.2) is 54.9 Å². The molecule has 0 saturated heterocycles. The minimum atomic E-state index is -2.27. The van der Waals surface area contributed by atoms with Crippen molar-refractivity contribution in [3.8, 4) is 22.4 Å². The molecule has 5 aromatic rings. The largest absolute Gasteiger partial charge is 0.401 e. The molecule has 13 heteroatoms. The number of pyridine rings is 1. The molecule has 3 heterocycles. The van der Waals surface area contributed by atoms with E-state index in [9.17, 15) is 0 Å². The smallest absolute Gasteiger partial charge is 0.194 e. The summed E-state index contributed by atoms with van der Waals surface area (Å²) in [5, 5.41) is 0. The Labute approximate surface area is 588 Å². The van der Waals surface area contributed by atoms with Gasteiger partial charge >= 0.3 is 0 Å². The quantitative estimate of drug-likeness (QED) is 0.0335. The molecule has 0 N–H and O–H groups in total. The Bertz CT molecular complexity index is 3210. The van der Waals surface area contributed by atoms with Gasteiger partial charge in [0.2, 0.25) is 0 Å². The van der Waals surface area contributed by atoms with Crippen molar-refractivity contribution in [2.45, 2.75) is 267 Å². The Kier molecular flexibility index (Phi) is 24.3. The van der Waals surface area contributed by atoms with Crippen LogP contribution in [0.4, 0.5) is 0 Å². The van der Waals surface area contributed by atoms with Crippen LogP contribution in [0.2, 0.25) is 109 Å². The van der Waals surface area contributed by atoms with E-state index in [4.69, 9.17) is 31.5 Å². The summed E-state index contributed by atoms with van der Waals surface area (Å²) in [5.74, 6) is 0. The Morgan fingerprint density at radius 1 is 0.208 bits per heavy atom. The maximum Gasteiger partial charge on any atom is 0.194 e. The van der Waals surface area contributed by atoms with Crippen molar-refractivity contribution in [3.05, 3.63) is 222 Å². The summed E-state index contributed by atoms with van der Waals surface area (Å²) in [4.78, 5) is 5.34. The molecule has 0 atom stereocenters. The molecular formula is C83H121NO6Si6. The van der Waals surface area contributed by atoms with Gasteiger partial charge in [0, 0.05) is 17.3 Å². The molecule has 7 nitrogen and oxygen atoms in total. The van der Waals surface area contributed by atoms with E-state index in [0.29, 0.717) is 0 Å². The van der Waals surface area contributed by atoms with E-state index < -0.39 is 83.5 Å². The molecular weight excluding hydrogens is 1280 g/mol. The summed E-state index contributed by atoms with van der Waals surface area (Å²) in [6.07, 6.45) is 30.5. The van der Waals surface area contributed by atoms with E-state index in [1.54, 1.807) is 0 Å². The molecule has 0 spiro atoms. The summed E-state index contributed by atoms with van der Waals surface area (Å²) < 4.78 is 47.2. The third kappa shape index (κ3) is 14.3. The van der Waals surface area contributed by atoms with Crippen LogP contribution in [0.3, 0.4) is 0 Å². The van der Waals surface area contributed by atoms with E-state index in [0.717, 1.165) is 165 Å². The summed E-state index contributed by atoms with van der Waals surface area (Å²) in [6.45, 7) is 42.0. The molecule has 0 fully saturated rings. The van der Waals surface area contributed by atoms with Gasteiger partial charge in [0.05, 0.1) is 5.69 Å². The van der Waals surface area contributed by atoms with E-state index in [1.165, 1.54) is 0 Å². The van der Waals surface area contributed by atoms with Gasteiger partial charge < -0.3 is 26.6 Å². The van der Waals surface area contributed by atoms with Crippen molar-refractivity contribution >= 4 is 49.9 Å². The summed E-state index contributed by atoms with van der Waals surface area (Å²) in [6, 6.07) is 59.8. The van der Waals surface area contributed by atoms with Gasteiger partial charge in [-0.1, -0.05) is 228 Å². The lowest BCUT2D eigenvalue weighted by molar-refractivity contribution is 0.119. The van der Waals surface area contributed by atoms with Gasteiger partial charge in [-0.2, -0.15) is 0 Å². The van der Waals surface area contributed by atoms with Crippen LogP contribution in [0, 0.1) is 0 Å². The maximum atomic E-state index is 7.93. The van der Waals surface area contributed by atoms with Crippen LogP contribution in [0.5, 0.6) is 0 Å². The summed E-state index contributed by atoms with van der Waals surface area (Å²) >= 11 is 0. The van der Waals surface area contributed by atoms with E-state index >= 15 is 0 Å². The Balaban J connectivity index is 1.30. The van der Waals surface area contributed by atoms with Gasteiger partial charge in [0.15, 0.2) is 49.9 Å². The zero-order valence-corrected chi connectivity index (χ0v) is 68.5. The molecule has 0 unspecified atom stereocenters. The Hall–Kier alpha value is -4.47. The monoisotopic (exact) mass is 1400 g/mol. The molecule has 14 aliphatic carbocycles. The second-order valence-electron chi connectivity index (χ2n) is 28.6. The molecule has 4 aromatic carbocycles. The highest BCUT2D eigenvalue weighted by Gasteiger charge is 2.51. The van der Waals surface area contributed by atoms with Crippen LogP contribution < -0.4 is 0 Å². The normalized spacial score (nSPS) is 24.1. The Morgan fingerprint density at radius 2 is 0.365 bits per heavy atom. The van der Waals surface area contributed by atoms with Crippen molar-refractivity contribution in [2.75, 3.05) is 0 Å². The lowest BCUT2D eigenvalue weighted by atomic mass is 9.79. The van der Waals surface area contributed by atoms with Crippen LogP contribution in [0.15, 0.2) is 188 Å². The first kappa shape index (κ1) is 75.7. The zero-order valence-electron chi connectivity index (χ0n) is 62.5. The second-order valence-corrected chi connectivity index (χ2v) is 56.7. The number of rotatable bonds is 30. The molecule has 16 aliphatic rings. The lowest BCUT2D eigenvalue weighted by Gasteiger charge is -2.46. The number of aromatic nitrogens is 1. The van der Waals surface area contributed by atoms with Crippen molar-refractivity contribution in [2.24, 2.45) is 0 Å². The van der Waals surface area contributed by atoms with Gasteiger partial charge in [-0.15, -0.1) is 0 Å². The average molecular weight is 1400 g/mol. The summed E-state index contributed by atoms with van der Waals surface area (Å²) in [7, 11) is -13.5. The highest BCUT2D eigenvalue weighted by molar-refractivity contribution is 6.76. The van der Waals surface area contributed by atoms with Crippen LogP contribution in [0.1, 0.15) is 158 Å². The maximum absolute atomic E-state index is 7.93. The fraction of sp³-hybridized carbons (Fsp3) is 0.506. The second kappa shape index (κ2) is 30.8. The predicted octanol–water partition coefficient (Wildman–Crippen LogP) is 24.5. The number of nitrogens with zero attached hydrogens (tertiary/aromatic N) is 1. The topological polar surface area (TPSA) is 68.3 Å². The number of hydrogen-bond donors (Lipinski definition) is 0. The highest BCUT2D eigenvalue weighted by Crippen LogP contribution is 2.52. The Morgan fingerprint density at radius 3 is 0.531 bits per heavy atom. The molecule has 16 bridgehead atoms. The minimum absolute atomic E-state index is 0.795. The highest BCUT2D eigenvalue weighted by atomic mass is 28.4. The molecule has 96 heavy (non-hydrogen) atoms. The fourth-order valence-corrected chi connectivity index (χ4v) is 33.6. The number of hydrogen-bond acceptors (Lipinski definition) is 7. The van der Waals surface area contributed by atoms with E-state index in [1.807, 2.05) is 0 Å². The first-order valence-corrected chi connectivity index (χ1v) is 53.1. The molecule has 2 aliphatic heterocycles. The fourth-order valence-electron chi connectivity index (χ4n) is 16.2. The first-order chi connectivity index (χ1) is 46.1. The van der Waals surface area contributed by atoms with Gasteiger partial charge in [0.1, 0.15) is 33.6 Å². The molecule has 0 radical (unpaired) electrons. The third-order valence-electron chi connectivity index (χ3n) is 25.0. The van der Waals surface area contributed by atoms with Crippen molar-refractivity contribution in [3.63, 3.8) is 0 Å². The van der Waals surface area contributed by atoms with Crippen LogP contribution in [0.25, 0.3) is 22.4 Å². The standard InChI is InChI=1S/C83H121NO6Si6/c1-19-91(20-2,21-3)85-78-55-59-81(60-56-78,88-94(28-10,29-11)30-12)74-49-51-75(52-50-74)82(89-95(31-13,32-14)33-15)61-57-79(58-62-82,86-92(22-4,23-5)24-6)73-47-41-70(42-48-73)77-54-53-76(67-84-77)83(90-96(34-16,35-17)36-18)65-63-80(64-66-83,87-93(25-7,26-8)27-9)72-45-39-69(40-46-72)68-37-43-71(78)44-38-68/h37-67H,19-36H2,1-18H3. The van der Waals surface area contributed by atoms with Gasteiger partial charge in [-0.25, -0.2) is 0 Å². The number of benzene rings is 4.